The summed E-state index contributed by atoms with van der Waals surface area (Å²) in [7, 11) is -2.22. The Morgan fingerprint density at radius 1 is 1.03 bits per heavy atom. The number of sulfonamides is 1. The minimum Gasteiger partial charge on any atom is -0.496 e. The normalized spacial score (nSPS) is 11.2. The first-order valence-corrected chi connectivity index (χ1v) is 12.9. The van der Waals surface area contributed by atoms with Crippen molar-refractivity contribution in [3.63, 3.8) is 0 Å². The van der Waals surface area contributed by atoms with E-state index in [9.17, 15) is 17.6 Å². The van der Waals surface area contributed by atoms with E-state index in [-0.39, 0.29) is 12.5 Å². The largest absolute Gasteiger partial charge is 0.496 e. The molecule has 0 atom stereocenters. The minimum atomic E-state index is -3.69. The number of rotatable bonds is 10. The van der Waals surface area contributed by atoms with Gasteiger partial charge in [-0.2, -0.15) is 0 Å². The molecule has 3 rings (SSSR count). The third-order valence-electron chi connectivity index (χ3n) is 5.40. The predicted molar refractivity (Wildman–Crippen MR) is 133 cm³/mol. The highest BCUT2D eigenvalue weighted by atomic mass is 32.2. The number of methoxy groups -OCH3 is 1. The van der Waals surface area contributed by atoms with E-state index in [0.29, 0.717) is 28.3 Å². The number of hydrogen-bond acceptors (Lipinski definition) is 4. The summed E-state index contributed by atoms with van der Waals surface area (Å²) in [4.78, 5) is 12.9. The first kappa shape index (κ1) is 25.2. The van der Waals surface area contributed by atoms with Crippen LogP contribution in [-0.4, -0.2) is 27.7 Å². The number of unbranched alkanes of at least 4 members (excludes halogenated alkanes) is 1. The van der Waals surface area contributed by atoms with Crippen molar-refractivity contribution in [3.8, 4) is 5.75 Å². The van der Waals surface area contributed by atoms with E-state index in [4.69, 9.17) is 4.74 Å². The Labute approximate surface area is 200 Å². The molecule has 0 saturated carbocycles. The van der Waals surface area contributed by atoms with Crippen molar-refractivity contribution in [2.24, 2.45) is 0 Å². The Morgan fingerprint density at radius 2 is 1.71 bits per heavy atom. The minimum absolute atomic E-state index is 0.0825. The molecule has 0 saturated heterocycles. The molecule has 0 heterocycles. The quantitative estimate of drug-likeness (QED) is 0.418. The fraction of sp³-hybridized carbons (Fsp3) is 0.269. The Bertz CT molecular complexity index is 1230. The van der Waals surface area contributed by atoms with Gasteiger partial charge in [-0.15, -0.1) is 0 Å². The smallest absolute Gasteiger partial charge is 0.255 e. The molecule has 0 aliphatic carbocycles. The van der Waals surface area contributed by atoms with Gasteiger partial charge in [0.15, 0.2) is 0 Å². The molecule has 0 spiro atoms. The van der Waals surface area contributed by atoms with Crippen LogP contribution in [0.1, 0.15) is 41.3 Å². The number of carbonyl (C=O) groups excluding carboxylic acids is 1. The Hall–Kier alpha value is -3.39. The van der Waals surface area contributed by atoms with Gasteiger partial charge in [0, 0.05) is 16.8 Å². The van der Waals surface area contributed by atoms with Crippen LogP contribution in [0.2, 0.25) is 0 Å². The molecule has 34 heavy (non-hydrogen) atoms. The third-order valence-corrected chi connectivity index (χ3v) is 6.54. The van der Waals surface area contributed by atoms with Gasteiger partial charge in [-0.1, -0.05) is 25.5 Å². The molecule has 1 amide bonds. The van der Waals surface area contributed by atoms with Gasteiger partial charge >= 0.3 is 0 Å². The highest BCUT2D eigenvalue weighted by Crippen LogP contribution is 2.27. The number of nitrogens with zero attached hydrogens (tertiary/aromatic N) is 1. The van der Waals surface area contributed by atoms with Gasteiger partial charge in [0.1, 0.15) is 11.6 Å². The van der Waals surface area contributed by atoms with E-state index in [0.717, 1.165) is 29.8 Å². The Kier molecular flexibility index (Phi) is 8.28. The van der Waals surface area contributed by atoms with Crippen molar-refractivity contribution in [3.05, 3.63) is 89.2 Å². The van der Waals surface area contributed by atoms with Crippen LogP contribution in [0.4, 0.5) is 15.8 Å². The Morgan fingerprint density at radius 3 is 2.29 bits per heavy atom. The van der Waals surface area contributed by atoms with E-state index >= 15 is 0 Å². The molecule has 1 N–H and O–H groups in total. The zero-order valence-electron chi connectivity index (χ0n) is 19.5. The van der Waals surface area contributed by atoms with Crippen molar-refractivity contribution in [1.29, 1.82) is 0 Å². The fourth-order valence-corrected chi connectivity index (χ4v) is 4.42. The monoisotopic (exact) mass is 484 g/mol. The zero-order valence-corrected chi connectivity index (χ0v) is 20.4. The lowest BCUT2D eigenvalue weighted by Gasteiger charge is -2.24. The molecule has 6 nitrogen and oxygen atoms in total. The molecule has 8 heteroatoms. The Balaban J connectivity index is 1.84. The predicted octanol–water partition coefficient (Wildman–Crippen LogP) is 5.40. The van der Waals surface area contributed by atoms with Crippen molar-refractivity contribution in [2.75, 3.05) is 23.0 Å². The van der Waals surface area contributed by atoms with Crippen LogP contribution < -0.4 is 14.4 Å². The van der Waals surface area contributed by atoms with Gasteiger partial charge in [-0.25, -0.2) is 12.8 Å². The number of carbonyl (C=O) groups is 1. The van der Waals surface area contributed by atoms with Crippen LogP contribution in [0.3, 0.4) is 0 Å². The van der Waals surface area contributed by atoms with Gasteiger partial charge in [0.2, 0.25) is 10.0 Å². The maximum atomic E-state index is 13.4. The fourth-order valence-electron chi connectivity index (χ4n) is 3.54. The summed E-state index contributed by atoms with van der Waals surface area (Å²) in [6.07, 6.45) is 4.31. The SMILES string of the molecule is CCCCc1ccc(NC(=O)c2ccc(OC)c(CN(c3ccc(F)cc3)S(C)(=O)=O)c2)cc1. The lowest BCUT2D eigenvalue weighted by Crippen LogP contribution is -2.29. The molecule has 3 aromatic carbocycles. The molecule has 3 aromatic rings. The number of benzene rings is 3. The summed E-state index contributed by atoms with van der Waals surface area (Å²) in [6, 6.07) is 17.8. The second-order valence-electron chi connectivity index (χ2n) is 8.03. The van der Waals surface area contributed by atoms with E-state index in [1.54, 1.807) is 18.2 Å². The summed E-state index contributed by atoms with van der Waals surface area (Å²) in [5.41, 5.74) is 3.06. The molecule has 0 unspecified atom stereocenters. The molecular weight excluding hydrogens is 455 g/mol. The lowest BCUT2D eigenvalue weighted by molar-refractivity contribution is 0.102. The van der Waals surface area contributed by atoms with Crippen molar-refractivity contribution >= 4 is 27.3 Å². The number of hydrogen-bond donors (Lipinski definition) is 1. The molecule has 0 bridgehead atoms. The standard InChI is InChI=1S/C26H29FN2O4S/c1-4-5-6-19-7-12-23(13-8-19)28-26(30)20-9-16-25(33-2)21(17-20)18-29(34(3,31)32)24-14-10-22(27)11-15-24/h7-17H,4-6,18H2,1-3H3,(H,28,30). The number of halogens is 1. The third kappa shape index (κ3) is 6.57. The number of nitrogens with one attached hydrogen (secondary N) is 1. The molecule has 0 fully saturated rings. The summed E-state index contributed by atoms with van der Waals surface area (Å²) < 4.78 is 44.9. The topological polar surface area (TPSA) is 75.7 Å². The molecule has 0 aromatic heterocycles. The second kappa shape index (κ2) is 11.2. The van der Waals surface area contributed by atoms with Gasteiger partial charge in [-0.3, -0.25) is 9.10 Å². The average Bonchev–Trinajstić information content (AvgIpc) is 2.82. The van der Waals surface area contributed by atoms with Crippen LogP contribution in [0.5, 0.6) is 5.75 Å². The van der Waals surface area contributed by atoms with Crippen LogP contribution in [-0.2, 0) is 23.0 Å². The molecule has 0 radical (unpaired) electrons. The van der Waals surface area contributed by atoms with E-state index < -0.39 is 15.8 Å². The number of amides is 1. The van der Waals surface area contributed by atoms with E-state index in [2.05, 4.69) is 12.2 Å². The van der Waals surface area contributed by atoms with Crippen molar-refractivity contribution in [2.45, 2.75) is 32.7 Å². The lowest BCUT2D eigenvalue weighted by atomic mass is 10.1. The first-order valence-electron chi connectivity index (χ1n) is 11.0. The zero-order chi connectivity index (χ0) is 24.7. The summed E-state index contributed by atoms with van der Waals surface area (Å²) in [6.45, 7) is 2.06. The average molecular weight is 485 g/mol. The van der Waals surface area contributed by atoms with Gasteiger partial charge in [-0.05, 0) is 73.0 Å². The molecule has 0 aliphatic heterocycles. The maximum Gasteiger partial charge on any atom is 0.255 e. The molecular formula is C26H29FN2O4S. The van der Waals surface area contributed by atoms with Gasteiger partial charge < -0.3 is 10.1 Å². The van der Waals surface area contributed by atoms with Crippen LogP contribution in [0.15, 0.2) is 66.7 Å². The number of aryl methyl sites for hydroxylation is 1. The first-order chi connectivity index (χ1) is 16.2. The summed E-state index contributed by atoms with van der Waals surface area (Å²) in [5.74, 6) is -0.350. The maximum absolute atomic E-state index is 13.4. The van der Waals surface area contributed by atoms with Crippen LogP contribution in [0.25, 0.3) is 0 Å². The van der Waals surface area contributed by atoms with Gasteiger partial charge in [0.05, 0.1) is 25.6 Å². The second-order valence-corrected chi connectivity index (χ2v) is 9.93. The van der Waals surface area contributed by atoms with Crippen LogP contribution >= 0.6 is 0 Å². The van der Waals surface area contributed by atoms with E-state index in [1.165, 1.54) is 36.9 Å². The van der Waals surface area contributed by atoms with E-state index in [1.807, 2.05) is 24.3 Å². The summed E-state index contributed by atoms with van der Waals surface area (Å²) >= 11 is 0. The molecule has 0 aliphatic rings. The number of ether oxygens (including phenoxy) is 1. The highest BCUT2D eigenvalue weighted by Gasteiger charge is 2.21. The van der Waals surface area contributed by atoms with Gasteiger partial charge in [0.25, 0.3) is 5.91 Å². The summed E-state index contributed by atoms with van der Waals surface area (Å²) in [5, 5.41) is 2.87. The van der Waals surface area contributed by atoms with Crippen molar-refractivity contribution < 1.29 is 22.3 Å². The highest BCUT2D eigenvalue weighted by molar-refractivity contribution is 7.92. The number of anilines is 2. The van der Waals surface area contributed by atoms with Crippen molar-refractivity contribution in [1.82, 2.24) is 0 Å². The molecule has 180 valence electrons. The van der Waals surface area contributed by atoms with Crippen LogP contribution in [0, 0.1) is 5.82 Å².